The Balaban J connectivity index is 1.98. The molecule has 1 heterocycles. The summed E-state index contributed by atoms with van der Waals surface area (Å²) in [7, 11) is -1.40. The molecule has 26 heavy (non-hydrogen) atoms. The summed E-state index contributed by atoms with van der Waals surface area (Å²) in [5.74, 6) is 0.645. The number of guanidine groups is 1. The first-order chi connectivity index (χ1) is 12.4. The van der Waals surface area contributed by atoms with Crippen LogP contribution in [0.3, 0.4) is 0 Å². The first-order valence-electron chi connectivity index (χ1n) is 8.72. The van der Waals surface area contributed by atoms with E-state index in [2.05, 4.69) is 10.3 Å². The van der Waals surface area contributed by atoms with Crippen LogP contribution in [0.25, 0.3) is 0 Å². The number of sulfonamides is 1. The van der Waals surface area contributed by atoms with Crippen molar-refractivity contribution in [2.24, 2.45) is 4.99 Å². The van der Waals surface area contributed by atoms with Gasteiger partial charge in [0.25, 0.3) is 0 Å². The summed E-state index contributed by atoms with van der Waals surface area (Å²) in [6, 6.07) is 7.64. The zero-order chi connectivity index (χ0) is 19.0. The second-order valence-corrected chi connectivity index (χ2v) is 8.51. The Bertz CT molecular complexity index is 706. The van der Waals surface area contributed by atoms with Gasteiger partial charge in [-0.05, 0) is 18.6 Å². The predicted octanol–water partition coefficient (Wildman–Crippen LogP) is 1.40. The topological polar surface area (TPSA) is 74.2 Å². The van der Waals surface area contributed by atoms with Gasteiger partial charge in [0.05, 0.1) is 25.5 Å². The number of nitrogens with one attached hydrogen (secondary N) is 1. The van der Waals surface area contributed by atoms with Crippen molar-refractivity contribution in [2.75, 3.05) is 52.2 Å². The van der Waals surface area contributed by atoms with Crippen LogP contribution in [0.2, 0.25) is 5.02 Å². The number of rotatable bonds is 7. The van der Waals surface area contributed by atoms with Gasteiger partial charge in [-0.1, -0.05) is 29.8 Å². The molecule has 0 atom stereocenters. The summed E-state index contributed by atoms with van der Waals surface area (Å²) >= 11 is 6.22. The third kappa shape index (κ3) is 6.12. The van der Waals surface area contributed by atoms with Crippen LogP contribution in [0.15, 0.2) is 29.3 Å². The second-order valence-electron chi connectivity index (χ2n) is 6.01. The highest BCUT2D eigenvalue weighted by Crippen LogP contribution is 2.16. The molecule has 0 unspecified atom stereocenters. The molecule has 0 radical (unpaired) electrons. The lowest BCUT2D eigenvalue weighted by molar-refractivity contribution is 0.0731. The van der Waals surface area contributed by atoms with E-state index in [4.69, 9.17) is 16.3 Å². The van der Waals surface area contributed by atoms with Gasteiger partial charge >= 0.3 is 0 Å². The van der Waals surface area contributed by atoms with Gasteiger partial charge in [-0.3, -0.25) is 4.99 Å². The van der Waals surface area contributed by atoms with Crippen molar-refractivity contribution in [3.63, 3.8) is 0 Å². The number of aliphatic imine (C=N–C) groups is 1. The number of halogens is 1. The van der Waals surface area contributed by atoms with Gasteiger partial charge in [-0.15, -0.1) is 0 Å². The lowest BCUT2D eigenvalue weighted by atomic mass is 10.2. The zero-order valence-corrected chi connectivity index (χ0v) is 16.9. The van der Waals surface area contributed by atoms with Crippen molar-refractivity contribution in [1.82, 2.24) is 14.5 Å². The molecular formula is C17H27ClN4O3S. The highest BCUT2D eigenvalue weighted by Gasteiger charge is 2.23. The average molecular weight is 403 g/mol. The van der Waals surface area contributed by atoms with Gasteiger partial charge < -0.3 is 15.0 Å². The number of nitrogens with zero attached hydrogens (tertiary/aromatic N) is 3. The molecule has 1 saturated heterocycles. The molecule has 1 N–H and O–H groups in total. The van der Waals surface area contributed by atoms with Crippen LogP contribution in [0.5, 0.6) is 0 Å². The lowest BCUT2D eigenvalue weighted by Crippen LogP contribution is -2.42. The molecule has 146 valence electrons. The van der Waals surface area contributed by atoms with Crippen LogP contribution in [0, 0.1) is 0 Å². The van der Waals surface area contributed by atoms with E-state index >= 15 is 0 Å². The summed E-state index contributed by atoms with van der Waals surface area (Å²) in [6.07, 6.45) is 0. The molecule has 0 aliphatic carbocycles. The molecule has 1 aromatic carbocycles. The Morgan fingerprint density at radius 2 is 2.04 bits per heavy atom. The maximum absolute atomic E-state index is 12.4. The van der Waals surface area contributed by atoms with Crippen molar-refractivity contribution in [3.8, 4) is 0 Å². The van der Waals surface area contributed by atoms with Gasteiger partial charge in [-0.2, -0.15) is 4.31 Å². The van der Waals surface area contributed by atoms with Crippen LogP contribution >= 0.6 is 11.6 Å². The van der Waals surface area contributed by atoms with Gasteiger partial charge in [0, 0.05) is 38.2 Å². The quantitative estimate of drug-likeness (QED) is 0.551. The first kappa shape index (κ1) is 21.0. The first-order valence-corrected chi connectivity index (χ1v) is 10.7. The number of benzene rings is 1. The Kier molecular flexibility index (Phi) is 8.15. The van der Waals surface area contributed by atoms with Crippen LogP contribution in [0.4, 0.5) is 0 Å². The number of hydrogen-bond donors (Lipinski definition) is 1. The molecule has 2 rings (SSSR count). The summed E-state index contributed by atoms with van der Waals surface area (Å²) in [4.78, 5) is 6.41. The maximum Gasteiger partial charge on any atom is 0.216 e. The van der Waals surface area contributed by atoms with Crippen LogP contribution in [-0.4, -0.2) is 75.8 Å². The number of ether oxygens (including phenoxy) is 1. The highest BCUT2D eigenvalue weighted by atomic mass is 35.5. The fourth-order valence-electron chi connectivity index (χ4n) is 2.65. The molecule has 0 bridgehead atoms. The highest BCUT2D eigenvalue weighted by molar-refractivity contribution is 7.89. The largest absolute Gasteiger partial charge is 0.379 e. The Morgan fingerprint density at radius 1 is 1.35 bits per heavy atom. The molecular weight excluding hydrogens is 376 g/mol. The van der Waals surface area contributed by atoms with Crippen LogP contribution < -0.4 is 5.32 Å². The predicted molar refractivity (Wildman–Crippen MR) is 105 cm³/mol. The maximum atomic E-state index is 12.4. The standard InChI is InChI=1S/C17H27ClN4O3S/c1-3-19-17(21(2)14-15-6-4-5-7-16(15)18)20-8-13-26(23,24)22-9-11-25-12-10-22/h4-7H,3,8-14H2,1-2H3,(H,19,20). The Labute approximate surface area is 161 Å². The zero-order valence-electron chi connectivity index (χ0n) is 15.3. The summed E-state index contributed by atoms with van der Waals surface area (Å²) < 4.78 is 31.4. The van der Waals surface area contributed by atoms with E-state index in [0.717, 1.165) is 5.56 Å². The van der Waals surface area contributed by atoms with Gasteiger partial charge in [0.15, 0.2) is 5.96 Å². The Morgan fingerprint density at radius 3 is 2.69 bits per heavy atom. The van der Waals surface area contributed by atoms with E-state index in [0.29, 0.717) is 50.4 Å². The number of morpholine rings is 1. The van der Waals surface area contributed by atoms with Crippen LogP contribution in [0.1, 0.15) is 12.5 Å². The van der Waals surface area contributed by atoms with Gasteiger partial charge in [-0.25, -0.2) is 8.42 Å². The molecule has 1 fully saturated rings. The molecule has 0 amide bonds. The second kappa shape index (κ2) is 10.1. The van der Waals surface area contributed by atoms with E-state index in [1.807, 2.05) is 43.1 Å². The molecule has 1 aromatic rings. The summed E-state index contributed by atoms with van der Waals surface area (Å²) in [6.45, 7) is 5.19. The van der Waals surface area contributed by atoms with Crippen molar-refractivity contribution in [2.45, 2.75) is 13.5 Å². The number of hydrogen-bond acceptors (Lipinski definition) is 4. The van der Waals surface area contributed by atoms with Crippen molar-refractivity contribution >= 4 is 27.6 Å². The molecule has 9 heteroatoms. The van der Waals surface area contributed by atoms with Crippen LogP contribution in [-0.2, 0) is 21.3 Å². The third-order valence-corrected chi connectivity index (χ3v) is 6.26. The van der Waals surface area contributed by atoms with Crippen molar-refractivity contribution in [1.29, 1.82) is 0 Å². The molecule has 0 saturated carbocycles. The van der Waals surface area contributed by atoms with E-state index in [1.54, 1.807) is 0 Å². The van der Waals surface area contributed by atoms with Crippen molar-refractivity contribution in [3.05, 3.63) is 34.9 Å². The minimum atomic E-state index is -3.31. The molecule has 0 spiro atoms. The summed E-state index contributed by atoms with van der Waals surface area (Å²) in [5.41, 5.74) is 0.989. The van der Waals surface area contributed by atoms with Gasteiger partial charge in [0.2, 0.25) is 10.0 Å². The Hall–Kier alpha value is -1.35. The minimum absolute atomic E-state index is 0.0121. The van der Waals surface area contributed by atoms with Crippen molar-refractivity contribution < 1.29 is 13.2 Å². The van der Waals surface area contributed by atoms with Gasteiger partial charge in [0.1, 0.15) is 0 Å². The SMILES string of the molecule is CCNC(=NCCS(=O)(=O)N1CCOCC1)N(C)Cc1ccccc1Cl. The lowest BCUT2D eigenvalue weighted by Gasteiger charge is -2.26. The smallest absolute Gasteiger partial charge is 0.216 e. The fraction of sp³-hybridized carbons (Fsp3) is 0.588. The molecule has 1 aliphatic rings. The molecule has 1 aliphatic heterocycles. The van der Waals surface area contributed by atoms with E-state index in [-0.39, 0.29) is 12.3 Å². The normalized spacial score (nSPS) is 16.5. The molecule has 0 aromatic heterocycles. The molecule has 7 nitrogen and oxygen atoms in total. The fourth-order valence-corrected chi connectivity index (χ4v) is 4.13. The third-order valence-electron chi connectivity index (χ3n) is 4.04. The van der Waals surface area contributed by atoms with E-state index in [9.17, 15) is 8.42 Å². The van der Waals surface area contributed by atoms with E-state index < -0.39 is 10.0 Å². The average Bonchev–Trinajstić information content (AvgIpc) is 2.63. The monoisotopic (exact) mass is 402 g/mol. The van der Waals surface area contributed by atoms with E-state index in [1.165, 1.54) is 4.31 Å². The minimum Gasteiger partial charge on any atom is -0.379 e. The summed E-state index contributed by atoms with van der Waals surface area (Å²) in [5, 5.41) is 3.89.